The van der Waals surface area contributed by atoms with E-state index in [1.807, 2.05) is 5.38 Å². The van der Waals surface area contributed by atoms with Crippen molar-refractivity contribution >= 4 is 32.2 Å². The van der Waals surface area contributed by atoms with E-state index >= 15 is 0 Å². The van der Waals surface area contributed by atoms with Crippen molar-refractivity contribution in [3.05, 3.63) is 41.4 Å². The largest absolute Gasteiger partial charge is 0.302 e. The summed E-state index contributed by atoms with van der Waals surface area (Å²) >= 11 is 1.38. The van der Waals surface area contributed by atoms with Gasteiger partial charge >= 0.3 is 0 Å². The number of carbonyl (C=O) groups is 1. The van der Waals surface area contributed by atoms with Gasteiger partial charge in [-0.3, -0.25) is 9.69 Å². The summed E-state index contributed by atoms with van der Waals surface area (Å²) in [5.41, 5.74) is 0.948. The maximum atomic E-state index is 12.2. The highest BCUT2D eigenvalue weighted by Crippen LogP contribution is 2.19. The number of sulfone groups is 1. The van der Waals surface area contributed by atoms with Crippen LogP contribution in [0.3, 0.4) is 0 Å². The molecular formula is C18H23N3O3S2. The Balaban J connectivity index is 1.49. The van der Waals surface area contributed by atoms with Crippen LogP contribution in [0.1, 0.15) is 31.4 Å². The Hall–Kier alpha value is -1.77. The van der Waals surface area contributed by atoms with Crippen LogP contribution in [0, 0.1) is 0 Å². The van der Waals surface area contributed by atoms with Crippen molar-refractivity contribution in [2.45, 2.75) is 37.1 Å². The van der Waals surface area contributed by atoms with Crippen LogP contribution in [-0.2, 0) is 21.2 Å². The Kier molecular flexibility index (Phi) is 6.39. The van der Waals surface area contributed by atoms with Crippen molar-refractivity contribution in [1.82, 2.24) is 9.88 Å². The fraction of sp³-hybridized carbons (Fsp3) is 0.444. The molecule has 8 heteroatoms. The molecule has 0 aliphatic carbocycles. The first kappa shape index (κ1) is 19.0. The highest BCUT2D eigenvalue weighted by atomic mass is 32.2. The predicted molar refractivity (Wildman–Crippen MR) is 103 cm³/mol. The van der Waals surface area contributed by atoms with Crippen LogP contribution < -0.4 is 5.32 Å². The fourth-order valence-electron chi connectivity index (χ4n) is 2.94. The van der Waals surface area contributed by atoms with E-state index in [0.717, 1.165) is 25.3 Å². The maximum absolute atomic E-state index is 12.2. The van der Waals surface area contributed by atoms with Gasteiger partial charge in [-0.2, -0.15) is 0 Å². The average molecular weight is 394 g/mol. The van der Waals surface area contributed by atoms with Crippen molar-refractivity contribution in [2.24, 2.45) is 0 Å². The van der Waals surface area contributed by atoms with Gasteiger partial charge in [-0.25, -0.2) is 13.4 Å². The third-order valence-corrected chi connectivity index (χ3v) is 6.87. The third-order valence-electron chi connectivity index (χ3n) is 4.33. The van der Waals surface area contributed by atoms with Crippen LogP contribution >= 0.6 is 11.3 Å². The number of aromatic nitrogens is 1. The first-order valence-corrected chi connectivity index (χ1v) is 11.3. The molecule has 1 amide bonds. The molecule has 140 valence electrons. The smallest absolute Gasteiger partial charge is 0.227 e. The minimum absolute atomic E-state index is 0.0851. The van der Waals surface area contributed by atoms with Crippen LogP contribution in [-0.4, -0.2) is 43.1 Å². The normalized spacial score (nSPS) is 15.7. The molecule has 1 aliphatic heterocycles. The summed E-state index contributed by atoms with van der Waals surface area (Å²) in [6.45, 7) is 2.99. The van der Waals surface area contributed by atoms with E-state index in [9.17, 15) is 13.2 Å². The molecule has 0 unspecified atom stereocenters. The second-order valence-electron chi connectivity index (χ2n) is 6.41. The van der Waals surface area contributed by atoms with E-state index in [0.29, 0.717) is 5.13 Å². The Morgan fingerprint density at radius 2 is 1.88 bits per heavy atom. The monoisotopic (exact) mass is 393 g/mol. The van der Waals surface area contributed by atoms with E-state index in [-0.39, 0.29) is 23.0 Å². The summed E-state index contributed by atoms with van der Waals surface area (Å²) in [4.78, 5) is 19.1. The number of anilines is 1. The average Bonchev–Trinajstić information content (AvgIpc) is 3.08. The van der Waals surface area contributed by atoms with Gasteiger partial charge < -0.3 is 5.32 Å². The van der Waals surface area contributed by atoms with Gasteiger partial charge in [0.2, 0.25) is 5.91 Å². The number of likely N-dealkylation sites (tertiary alicyclic amines) is 1. The molecule has 1 aliphatic rings. The molecule has 2 aromatic rings. The molecule has 0 atom stereocenters. The molecule has 1 saturated heterocycles. The number of piperidine rings is 1. The molecule has 2 heterocycles. The predicted octanol–water partition coefficient (Wildman–Crippen LogP) is 2.93. The van der Waals surface area contributed by atoms with Crippen LogP contribution in [0.5, 0.6) is 0 Å². The SMILES string of the molecule is O=C(CCS(=O)(=O)c1ccccc1)Nc1nc(CN2CCCCC2)cs1. The van der Waals surface area contributed by atoms with Crippen molar-refractivity contribution in [1.29, 1.82) is 0 Å². The number of amides is 1. The zero-order chi connectivity index (χ0) is 18.4. The first-order chi connectivity index (χ1) is 12.5. The van der Waals surface area contributed by atoms with Crippen molar-refractivity contribution in [3.8, 4) is 0 Å². The highest BCUT2D eigenvalue weighted by molar-refractivity contribution is 7.91. The molecule has 1 aromatic carbocycles. The molecule has 1 fully saturated rings. The van der Waals surface area contributed by atoms with Crippen LogP contribution in [0.2, 0.25) is 0 Å². The molecular weight excluding hydrogens is 370 g/mol. The molecule has 6 nitrogen and oxygen atoms in total. The zero-order valence-electron chi connectivity index (χ0n) is 14.6. The van der Waals surface area contributed by atoms with E-state index in [4.69, 9.17) is 0 Å². The van der Waals surface area contributed by atoms with Gasteiger partial charge in [0.1, 0.15) is 0 Å². The van der Waals surface area contributed by atoms with Gasteiger partial charge in [0.15, 0.2) is 15.0 Å². The number of nitrogens with one attached hydrogen (secondary N) is 1. The number of hydrogen-bond acceptors (Lipinski definition) is 6. The second-order valence-corrected chi connectivity index (χ2v) is 9.38. The molecule has 0 spiro atoms. The van der Waals surface area contributed by atoms with Gasteiger partial charge in [0.05, 0.1) is 16.3 Å². The lowest BCUT2D eigenvalue weighted by Gasteiger charge is -2.25. The lowest BCUT2D eigenvalue weighted by atomic mass is 10.1. The van der Waals surface area contributed by atoms with Gasteiger partial charge in [-0.05, 0) is 38.1 Å². The quantitative estimate of drug-likeness (QED) is 0.782. The molecule has 26 heavy (non-hydrogen) atoms. The Morgan fingerprint density at radius 3 is 2.62 bits per heavy atom. The third kappa shape index (κ3) is 5.36. The summed E-state index contributed by atoms with van der Waals surface area (Å²) in [6, 6.07) is 8.19. The van der Waals surface area contributed by atoms with Gasteiger partial charge in [-0.15, -0.1) is 11.3 Å². The number of thiazole rings is 1. The standard InChI is InChI=1S/C18H23N3O3S2/c22-17(9-12-26(23,24)16-7-3-1-4-8-16)20-18-19-15(14-25-18)13-21-10-5-2-6-11-21/h1,3-4,7-8,14H,2,5-6,9-13H2,(H,19,20,22). The minimum atomic E-state index is -3.45. The van der Waals surface area contributed by atoms with Crippen LogP contribution in [0.15, 0.2) is 40.6 Å². The number of rotatable bonds is 7. The van der Waals surface area contributed by atoms with Gasteiger partial charge in [0.25, 0.3) is 0 Å². The Bertz CT molecular complexity index is 828. The lowest BCUT2D eigenvalue weighted by Crippen LogP contribution is -2.29. The van der Waals surface area contributed by atoms with Crippen molar-refractivity contribution < 1.29 is 13.2 Å². The van der Waals surface area contributed by atoms with E-state index in [2.05, 4.69) is 15.2 Å². The van der Waals surface area contributed by atoms with Crippen molar-refractivity contribution in [3.63, 3.8) is 0 Å². The number of carbonyl (C=O) groups excluding carboxylic acids is 1. The summed E-state index contributed by atoms with van der Waals surface area (Å²) in [5, 5.41) is 5.19. The second kappa shape index (κ2) is 8.75. The lowest BCUT2D eigenvalue weighted by molar-refractivity contribution is -0.115. The van der Waals surface area contributed by atoms with Gasteiger partial charge in [-0.1, -0.05) is 24.6 Å². The summed E-state index contributed by atoms with van der Waals surface area (Å²) < 4.78 is 24.4. The van der Waals surface area contributed by atoms with Crippen LogP contribution in [0.25, 0.3) is 0 Å². The van der Waals surface area contributed by atoms with E-state index < -0.39 is 9.84 Å². The Labute approximate surface area is 158 Å². The topological polar surface area (TPSA) is 79.4 Å². The maximum Gasteiger partial charge on any atom is 0.227 e. The number of benzene rings is 1. The molecule has 3 rings (SSSR count). The molecule has 1 aromatic heterocycles. The molecule has 1 N–H and O–H groups in total. The summed E-state index contributed by atoms with van der Waals surface area (Å²) in [7, 11) is -3.45. The fourth-order valence-corrected chi connectivity index (χ4v) is 4.92. The number of nitrogens with zero attached hydrogens (tertiary/aromatic N) is 2. The molecule has 0 saturated carbocycles. The molecule has 0 bridgehead atoms. The summed E-state index contributed by atoms with van der Waals surface area (Å²) in [5.74, 6) is -0.544. The van der Waals surface area contributed by atoms with E-state index in [1.165, 1.54) is 30.6 Å². The highest BCUT2D eigenvalue weighted by Gasteiger charge is 2.17. The van der Waals surface area contributed by atoms with E-state index in [1.54, 1.807) is 30.3 Å². The zero-order valence-corrected chi connectivity index (χ0v) is 16.2. The Morgan fingerprint density at radius 1 is 1.15 bits per heavy atom. The van der Waals surface area contributed by atoms with Gasteiger partial charge in [0, 0.05) is 18.3 Å². The first-order valence-electron chi connectivity index (χ1n) is 8.77. The molecule has 0 radical (unpaired) electrons. The minimum Gasteiger partial charge on any atom is -0.302 e. The van der Waals surface area contributed by atoms with Crippen molar-refractivity contribution in [2.75, 3.05) is 24.2 Å². The number of hydrogen-bond donors (Lipinski definition) is 1. The van der Waals surface area contributed by atoms with Crippen LogP contribution in [0.4, 0.5) is 5.13 Å². The summed E-state index contributed by atoms with van der Waals surface area (Å²) in [6.07, 6.45) is 3.66.